The Balaban J connectivity index is 2.46. The van der Waals surface area contributed by atoms with E-state index in [1.54, 1.807) is 7.11 Å². The van der Waals surface area contributed by atoms with Crippen molar-refractivity contribution in [2.45, 2.75) is 12.5 Å². The Morgan fingerprint density at radius 2 is 2.29 bits per heavy atom. The standard InChI is InChI=1S/C11H14ClNO/c1-13-6-5-11(14-2)9-7-8(12)3-4-10(9)13/h3-4,7,11H,5-6H2,1-2H3. The van der Waals surface area contributed by atoms with Gasteiger partial charge >= 0.3 is 0 Å². The van der Waals surface area contributed by atoms with E-state index in [0.29, 0.717) is 0 Å². The summed E-state index contributed by atoms with van der Waals surface area (Å²) in [7, 11) is 3.85. The summed E-state index contributed by atoms with van der Waals surface area (Å²) in [5, 5.41) is 0.779. The number of methoxy groups -OCH3 is 1. The molecule has 1 aliphatic heterocycles. The average Bonchev–Trinajstić information content (AvgIpc) is 2.18. The van der Waals surface area contributed by atoms with E-state index in [2.05, 4.69) is 18.0 Å². The quantitative estimate of drug-likeness (QED) is 0.709. The topological polar surface area (TPSA) is 12.5 Å². The first-order valence-electron chi connectivity index (χ1n) is 4.75. The van der Waals surface area contributed by atoms with Gasteiger partial charge in [-0.05, 0) is 24.6 Å². The van der Waals surface area contributed by atoms with E-state index in [1.807, 2.05) is 12.1 Å². The Bertz CT molecular complexity index is 340. The van der Waals surface area contributed by atoms with E-state index < -0.39 is 0 Å². The molecule has 0 N–H and O–H groups in total. The van der Waals surface area contributed by atoms with Crippen molar-refractivity contribution < 1.29 is 4.74 Å². The molecule has 2 nitrogen and oxygen atoms in total. The summed E-state index contributed by atoms with van der Waals surface area (Å²) >= 11 is 5.97. The van der Waals surface area contributed by atoms with Crippen molar-refractivity contribution in [3.63, 3.8) is 0 Å². The molecule has 0 saturated carbocycles. The van der Waals surface area contributed by atoms with Crippen molar-refractivity contribution in [1.82, 2.24) is 0 Å². The van der Waals surface area contributed by atoms with Gasteiger partial charge in [-0.25, -0.2) is 0 Å². The number of halogens is 1. The number of anilines is 1. The van der Waals surface area contributed by atoms with Gasteiger partial charge in [-0.1, -0.05) is 11.6 Å². The van der Waals surface area contributed by atoms with Crippen molar-refractivity contribution in [3.8, 4) is 0 Å². The highest BCUT2D eigenvalue weighted by molar-refractivity contribution is 6.30. The Hall–Kier alpha value is -0.730. The molecule has 0 radical (unpaired) electrons. The van der Waals surface area contributed by atoms with Gasteiger partial charge < -0.3 is 9.64 Å². The molecular weight excluding hydrogens is 198 g/mol. The SMILES string of the molecule is COC1CCN(C)c2ccc(Cl)cc21. The fraction of sp³-hybridized carbons (Fsp3) is 0.455. The average molecular weight is 212 g/mol. The van der Waals surface area contributed by atoms with Crippen LogP contribution < -0.4 is 4.90 Å². The maximum Gasteiger partial charge on any atom is 0.0858 e. The predicted molar refractivity (Wildman–Crippen MR) is 59.1 cm³/mol. The fourth-order valence-corrected chi connectivity index (χ4v) is 2.14. The molecule has 1 atom stereocenters. The molecule has 0 aromatic heterocycles. The highest BCUT2D eigenvalue weighted by atomic mass is 35.5. The van der Waals surface area contributed by atoms with Crippen LogP contribution in [0.1, 0.15) is 18.1 Å². The van der Waals surface area contributed by atoms with Crippen LogP contribution in [0.3, 0.4) is 0 Å². The van der Waals surface area contributed by atoms with Crippen LogP contribution in [-0.4, -0.2) is 20.7 Å². The number of ether oxygens (including phenoxy) is 1. The summed E-state index contributed by atoms with van der Waals surface area (Å²) in [6.07, 6.45) is 1.22. The molecule has 1 unspecified atom stereocenters. The van der Waals surface area contributed by atoms with Crippen molar-refractivity contribution >= 4 is 17.3 Å². The molecule has 1 aromatic carbocycles. The lowest BCUT2D eigenvalue weighted by molar-refractivity contribution is 0.0942. The third-order valence-corrected chi connectivity index (χ3v) is 2.99. The molecule has 1 heterocycles. The van der Waals surface area contributed by atoms with Gasteiger partial charge in [0.25, 0.3) is 0 Å². The second-order valence-electron chi connectivity index (χ2n) is 3.64. The second kappa shape index (κ2) is 3.79. The van der Waals surface area contributed by atoms with Crippen LogP contribution in [0.5, 0.6) is 0 Å². The van der Waals surface area contributed by atoms with Gasteiger partial charge in [-0.15, -0.1) is 0 Å². The van der Waals surface area contributed by atoms with E-state index in [9.17, 15) is 0 Å². The van der Waals surface area contributed by atoms with Crippen LogP contribution in [0.2, 0.25) is 5.02 Å². The normalized spacial score (nSPS) is 20.8. The third-order valence-electron chi connectivity index (χ3n) is 2.76. The smallest absolute Gasteiger partial charge is 0.0858 e. The van der Waals surface area contributed by atoms with Gasteiger partial charge in [0.2, 0.25) is 0 Å². The number of fused-ring (bicyclic) bond motifs is 1. The summed E-state index contributed by atoms with van der Waals surface area (Å²) in [5.41, 5.74) is 2.43. The highest BCUT2D eigenvalue weighted by Gasteiger charge is 2.22. The van der Waals surface area contributed by atoms with Crippen LogP contribution in [0.15, 0.2) is 18.2 Å². The van der Waals surface area contributed by atoms with E-state index in [4.69, 9.17) is 16.3 Å². The van der Waals surface area contributed by atoms with Crippen LogP contribution in [0, 0.1) is 0 Å². The van der Waals surface area contributed by atoms with Crippen LogP contribution in [0.25, 0.3) is 0 Å². The molecule has 0 saturated heterocycles. The van der Waals surface area contributed by atoms with Crippen molar-refractivity contribution in [1.29, 1.82) is 0 Å². The Morgan fingerprint density at radius 1 is 1.50 bits per heavy atom. The number of nitrogens with zero attached hydrogens (tertiary/aromatic N) is 1. The minimum absolute atomic E-state index is 0.194. The zero-order chi connectivity index (χ0) is 10.1. The van der Waals surface area contributed by atoms with E-state index in [1.165, 1.54) is 11.3 Å². The number of hydrogen-bond acceptors (Lipinski definition) is 2. The zero-order valence-corrected chi connectivity index (χ0v) is 9.21. The highest BCUT2D eigenvalue weighted by Crippen LogP contribution is 2.36. The van der Waals surface area contributed by atoms with E-state index in [-0.39, 0.29) is 6.10 Å². The molecule has 0 fully saturated rings. The van der Waals surface area contributed by atoms with Gasteiger partial charge in [0.15, 0.2) is 0 Å². The molecule has 1 aliphatic rings. The van der Waals surface area contributed by atoms with Gasteiger partial charge in [-0.2, -0.15) is 0 Å². The lowest BCUT2D eigenvalue weighted by atomic mass is 9.99. The summed E-state index contributed by atoms with van der Waals surface area (Å²) in [6.45, 7) is 1.03. The minimum Gasteiger partial charge on any atom is -0.377 e. The number of hydrogen-bond donors (Lipinski definition) is 0. The molecule has 14 heavy (non-hydrogen) atoms. The largest absolute Gasteiger partial charge is 0.377 e. The van der Waals surface area contributed by atoms with Crippen LogP contribution in [-0.2, 0) is 4.74 Å². The first kappa shape index (κ1) is 9.81. The summed E-state index contributed by atoms with van der Waals surface area (Å²) in [6, 6.07) is 5.98. The van der Waals surface area contributed by atoms with Gasteiger partial charge in [-0.3, -0.25) is 0 Å². The molecule has 0 amide bonds. The van der Waals surface area contributed by atoms with Crippen LogP contribution in [0.4, 0.5) is 5.69 Å². The summed E-state index contributed by atoms with van der Waals surface area (Å²) in [5.74, 6) is 0. The Morgan fingerprint density at radius 3 is 3.00 bits per heavy atom. The molecule has 76 valence electrons. The Labute approximate surface area is 89.4 Å². The van der Waals surface area contributed by atoms with Crippen molar-refractivity contribution in [2.75, 3.05) is 25.6 Å². The molecule has 0 spiro atoms. The van der Waals surface area contributed by atoms with Gasteiger partial charge in [0.05, 0.1) is 6.10 Å². The maximum atomic E-state index is 5.97. The van der Waals surface area contributed by atoms with Gasteiger partial charge in [0.1, 0.15) is 0 Å². The molecule has 0 bridgehead atoms. The number of rotatable bonds is 1. The molecule has 0 aliphatic carbocycles. The second-order valence-corrected chi connectivity index (χ2v) is 4.07. The molecule has 1 aromatic rings. The lowest BCUT2D eigenvalue weighted by Crippen LogP contribution is -2.27. The lowest BCUT2D eigenvalue weighted by Gasteiger charge is -2.32. The van der Waals surface area contributed by atoms with Crippen LogP contribution >= 0.6 is 11.6 Å². The molecular formula is C11H14ClNO. The predicted octanol–water partition coefficient (Wildman–Crippen LogP) is 2.87. The monoisotopic (exact) mass is 211 g/mol. The maximum absolute atomic E-state index is 5.97. The molecule has 2 rings (SSSR count). The fourth-order valence-electron chi connectivity index (χ4n) is 1.96. The van der Waals surface area contributed by atoms with E-state index >= 15 is 0 Å². The first-order valence-corrected chi connectivity index (χ1v) is 5.13. The zero-order valence-electron chi connectivity index (χ0n) is 8.46. The first-order chi connectivity index (χ1) is 6.72. The number of benzene rings is 1. The van der Waals surface area contributed by atoms with E-state index in [0.717, 1.165) is 18.0 Å². The van der Waals surface area contributed by atoms with Gasteiger partial charge in [0, 0.05) is 37.0 Å². The summed E-state index contributed by atoms with van der Waals surface area (Å²) in [4.78, 5) is 2.24. The summed E-state index contributed by atoms with van der Waals surface area (Å²) < 4.78 is 5.44. The van der Waals surface area contributed by atoms with Crippen molar-refractivity contribution in [3.05, 3.63) is 28.8 Å². The molecule has 3 heteroatoms. The third kappa shape index (κ3) is 1.60. The van der Waals surface area contributed by atoms with Crippen molar-refractivity contribution in [2.24, 2.45) is 0 Å². The Kier molecular flexibility index (Phi) is 2.66. The minimum atomic E-state index is 0.194.